The lowest BCUT2D eigenvalue weighted by Gasteiger charge is -2.47. The summed E-state index contributed by atoms with van der Waals surface area (Å²) in [7, 11) is 3.50. The number of hydrogen-bond donors (Lipinski definition) is 1. The number of likely N-dealkylation sites (N-methyl/N-ethyl adjacent to an activating group) is 1. The fourth-order valence-corrected chi connectivity index (χ4v) is 4.48. The van der Waals surface area contributed by atoms with Crippen molar-refractivity contribution in [3.8, 4) is 29.7 Å². The van der Waals surface area contributed by atoms with Gasteiger partial charge in [-0.2, -0.15) is 15.8 Å². The molecule has 0 radical (unpaired) electrons. The minimum atomic E-state index is -1.72. The Morgan fingerprint density at radius 2 is 1.97 bits per heavy atom. The van der Waals surface area contributed by atoms with Gasteiger partial charge < -0.3 is 19.8 Å². The van der Waals surface area contributed by atoms with Gasteiger partial charge in [0.15, 0.2) is 16.9 Å². The molecule has 1 heterocycles. The maximum atomic E-state index is 10.1. The van der Waals surface area contributed by atoms with Crippen molar-refractivity contribution < 1.29 is 9.47 Å². The Morgan fingerprint density at radius 3 is 2.55 bits per heavy atom. The summed E-state index contributed by atoms with van der Waals surface area (Å²) in [5.74, 6) is -0.579. The maximum absolute atomic E-state index is 10.1. The highest BCUT2D eigenvalue weighted by molar-refractivity contribution is 6.00. The van der Waals surface area contributed by atoms with Gasteiger partial charge in [0.05, 0.1) is 37.6 Å². The number of ether oxygens (including phenoxy) is 2. The van der Waals surface area contributed by atoms with Crippen molar-refractivity contribution >= 4 is 5.71 Å². The molecule has 1 aliphatic carbocycles. The first kappa shape index (κ1) is 20.4. The molecular weight excluding hydrogens is 366 g/mol. The quantitative estimate of drug-likeness (QED) is 0.791. The van der Waals surface area contributed by atoms with Gasteiger partial charge in [-0.15, -0.1) is 0 Å². The van der Waals surface area contributed by atoms with E-state index < -0.39 is 17.3 Å². The molecule has 0 bridgehead atoms. The van der Waals surface area contributed by atoms with Crippen LogP contribution >= 0.6 is 0 Å². The van der Waals surface area contributed by atoms with Gasteiger partial charge in [0.25, 0.3) is 0 Å². The summed E-state index contributed by atoms with van der Waals surface area (Å²) in [4.78, 5) is 2.09. The van der Waals surface area contributed by atoms with Gasteiger partial charge in [-0.3, -0.25) is 0 Å². The Bertz CT molecular complexity index is 964. The average molecular weight is 389 g/mol. The topological polar surface area (TPSA) is 117 Å². The lowest BCUT2D eigenvalue weighted by atomic mass is 9.54. The van der Waals surface area contributed by atoms with Gasteiger partial charge >= 0.3 is 0 Å². The highest BCUT2D eigenvalue weighted by Crippen LogP contribution is 2.54. The monoisotopic (exact) mass is 389 g/mol. The zero-order chi connectivity index (χ0) is 21.2. The molecule has 1 saturated carbocycles. The van der Waals surface area contributed by atoms with E-state index in [-0.39, 0.29) is 11.6 Å². The van der Waals surface area contributed by atoms with Crippen LogP contribution in [-0.4, -0.2) is 44.5 Å². The zero-order valence-corrected chi connectivity index (χ0v) is 16.8. The minimum Gasteiger partial charge on any atom is -0.493 e. The Labute approximate surface area is 170 Å². The molecule has 0 unspecified atom stereocenters. The van der Waals surface area contributed by atoms with E-state index in [4.69, 9.17) is 14.9 Å². The van der Waals surface area contributed by atoms with Crippen LogP contribution in [-0.2, 0) is 0 Å². The molecule has 29 heavy (non-hydrogen) atoms. The molecule has 0 amide bonds. The first-order chi connectivity index (χ1) is 14.0. The third-order valence-corrected chi connectivity index (χ3v) is 5.82. The minimum absolute atomic E-state index is 0.144. The van der Waals surface area contributed by atoms with Gasteiger partial charge in [-0.1, -0.05) is 12.1 Å². The van der Waals surface area contributed by atoms with Crippen molar-refractivity contribution in [2.75, 3.05) is 33.9 Å². The Morgan fingerprint density at radius 1 is 1.24 bits per heavy atom. The fraction of sp³-hybridized carbons (Fsp3) is 0.455. The first-order valence-electron chi connectivity index (χ1n) is 9.47. The fourth-order valence-electron chi connectivity index (χ4n) is 4.48. The second-order valence-electron chi connectivity index (χ2n) is 7.36. The van der Waals surface area contributed by atoms with Crippen molar-refractivity contribution in [1.82, 2.24) is 4.90 Å². The van der Waals surface area contributed by atoms with Gasteiger partial charge in [0.1, 0.15) is 5.92 Å². The smallest absolute Gasteiger partial charge is 0.189 e. The van der Waals surface area contributed by atoms with Crippen LogP contribution in [0.3, 0.4) is 0 Å². The summed E-state index contributed by atoms with van der Waals surface area (Å²) < 4.78 is 11.1. The third-order valence-electron chi connectivity index (χ3n) is 5.82. The maximum Gasteiger partial charge on any atom is 0.189 e. The highest BCUT2D eigenvalue weighted by Gasteiger charge is 2.57. The van der Waals surface area contributed by atoms with E-state index in [1.54, 1.807) is 12.1 Å². The van der Waals surface area contributed by atoms with Gasteiger partial charge in [-0.25, -0.2) is 0 Å². The van der Waals surface area contributed by atoms with E-state index in [0.29, 0.717) is 31.2 Å². The molecule has 1 N–H and O–H groups in total. The number of nitrogens with zero attached hydrogens (tertiary/aromatic N) is 4. The first-order valence-corrected chi connectivity index (χ1v) is 9.47. The SMILES string of the molecule is CCOc1ccc([C@@H]2[C@H]3CN(C)CC=C3[C@@H](C#N)C(=N)C2(C#N)C#N)cc1OC. The summed E-state index contributed by atoms with van der Waals surface area (Å²) in [6.07, 6.45) is 1.97. The molecule has 7 nitrogen and oxygen atoms in total. The van der Waals surface area contributed by atoms with E-state index in [0.717, 1.165) is 11.1 Å². The van der Waals surface area contributed by atoms with Crippen LogP contribution in [0.1, 0.15) is 18.4 Å². The van der Waals surface area contributed by atoms with Crippen LogP contribution in [0.2, 0.25) is 0 Å². The summed E-state index contributed by atoms with van der Waals surface area (Å²) in [6.45, 7) is 3.63. The molecule has 1 aliphatic heterocycles. The van der Waals surface area contributed by atoms with Gasteiger partial charge in [0.2, 0.25) is 0 Å². The van der Waals surface area contributed by atoms with Crippen molar-refractivity contribution in [2.45, 2.75) is 12.8 Å². The predicted octanol–water partition coefficient (Wildman–Crippen LogP) is 2.87. The molecule has 7 heteroatoms. The highest BCUT2D eigenvalue weighted by atomic mass is 16.5. The Kier molecular flexibility index (Phi) is 5.59. The third kappa shape index (κ3) is 3.12. The molecule has 3 atom stereocenters. The van der Waals surface area contributed by atoms with Crippen molar-refractivity contribution in [3.63, 3.8) is 0 Å². The predicted molar refractivity (Wildman–Crippen MR) is 106 cm³/mol. The number of rotatable bonds is 4. The van der Waals surface area contributed by atoms with E-state index >= 15 is 0 Å². The number of fused-ring (bicyclic) bond motifs is 1. The van der Waals surface area contributed by atoms with Crippen molar-refractivity contribution in [2.24, 2.45) is 17.3 Å². The van der Waals surface area contributed by atoms with E-state index in [2.05, 4.69) is 23.1 Å². The summed E-state index contributed by atoms with van der Waals surface area (Å²) in [6, 6.07) is 11.7. The molecular formula is C22H23N5O2. The van der Waals surface area contributed by atoms with Crippen LogP contribution in [0, 0.1) is 56.7 Å². The van der Waals surface area contributed by atoms with Crippen LogP contribution in [0.15, 0.2) is 29.8 Å². The molecule has 1 aromatic carbocycles. The van der Waals surface area contributed by atoms with Gasteiger partial charge in [0, 0.05) is 24.9 Å². The molecule has 1 fully saturated rings. The number of hydrogen-bond acceptors (Lipinski definition) is 7. The lowest BCUT2D eigenvalue weighted by molar-refractivity contribution is 0.234. The molecule has 148 valence electrons. The van der Waals surface area contributed by atoms with Crippen molar-refractivity contribution in [3.05, 3.63) is 35.4 Å². The van der Waals surface area contributed by atoms with Crippen LogP contribution in [0.4, 0.5) is 0 Å². The van der Waals surface area contributed by atoms with E-state index in [1.807, 2.05) is 26.1 Å². The molecule has 0 spiro atoms. The number of nitrogens with one attached hydrogen (secondary N) is 1. The molecule has 2 aliphatic rings. The molecule has 0 saturated heterocycles. The molecule has 1 aromatic rings. The largest absolute Gasteiger partial charge is 0.493 e. The standard InChI is InChI=1S/C22H23N5O2/c1-4-29-18-6-5-14(9-19(18)28-3)20-17-11-27(2)8-7-15(17)16(10-23)21(26)22(20,12-24)13-25/h5-7,9,16-17,20,26H,4,8,11H2,1-3H3/t16-,17+,20-/m1/s1. The summed E-state index contributed by atoms with van der Waals surface area (Å²) >= 11 is 0. The summed E-state index contributed by atoms with van der Waals surface area (Å²) in [5.41, 5.74) is -0.316. The van der Waals surface area contributed by atoms with Crippen LogP contribution < -0.4 is 9.47 Å². The number of methoxy groups -OCH3 is 1. The second-order valence-corrected chi connectivity index (χ2v) is 7.36. The lowest BCUT2D eigenvalue weighted by Crippen LogP contribution is -2.52. The summed E-state index contributed by atoms with van der Waals surface area (Å²) in [5, 5.41) is 38.5. The average Bonchev–Trinajstić information content (AvgIpc) is 2.74. The van der Waals surface area contributed by atoms with Crippen LogP contribution in [0.25, 0.3) is 0 Å². The second kappa shape index (κ2) is 7.95. The zero-order valence-electron chi connectivity index (χ0n) is 16.8. The normalized spacial score (nSPS) is 25.6. The van der Waals surface area contributed by atoms with Crippen molar-refractivity contribution in [1.29, 1.82) is 21.2 Å². The Balaban J connectivity index is 2.24. The molecule has 0 aromatic heterocycles. The van der Waals surface area contributed by atoms with E-state index in [9.17, 15) is 15.8 Å². The van der Waals surface area contributed by atoms with Gasteiger partial charge in [-0.05, 0) is 37.2 Å². The van der Waals surface area contributed by atoms with E-state index in [1.165, 1.54) is 7.11 Å². The van der Waals surface area contributed by atoms with Crippen LogP contribution in [0.5, 0.6) is 11.5 Å². The number of nitriles is 3. The molecule has 3 rings (SSSR count). The number of benzene rings is 1. The Hall–Kier alpha value is -3.34.